The van der Waals surface area contributed by atoms with Gasteiger partial charge < -0.3 is 23.7 Å². The Labute approximate surface area is 193 Å². The molecule has 5 rings (SSSR count). The van der Waals surface area contributed by atoms with Gasteiger partial charge in [0.25, 0.3) is 5.88 Å². The van der Waals surface area contributed by atoms with Crippen molar-refractivity contribution in [1.29, 1.82) is 0 Å². The zero-order valence-electron chi connectivity index (χ0n) is 19.2. The van der Waals surface area contributed by atoms with Crippen LogP contribution < -0.4 is 9.64 Å². The van der Waals surface area contributed by atoms with E-state index in [4.69, 9.17) is 19.2 Å². The zero-order chi connectivity index (χ0) is 22.8. The lowest BCUT2D eigenvalue weighted by atomic mass is 10.1. The van der Waals surface area contributed by atoms with Crippen molar-refractivity contribution in [2.75, 3.05) is 44.4 Å². The second-order valence-corrected chi connectivity index (χ2v) is 8.68. The van der Waals surface area contributed by atoms with Gasteiger partial charge in [-0.3, -0.25) is 4.79 Å². The Hall–Kier alpha value is -2.97. The summed E-state index contributed by atoms with van der Waals surface area (Å²) in [7, 11) is 0. The predicted molar refractivity (Wildman–Crippen MR) is 125 cm³/mol. The zero-order valence-corrected chi connectivity index (χ0v) is 19.2. The first-order chi connectivity index (χ1) is 16.1. The maximum atomic E-state index is 13.1. The summed E-state index contributed by atoms with van der Waals surface area (Å²) in [4.78, 5) is 24.7. The van der Waals surface area contributed by atoms with E-state index in [1.807, 2.05) is 44.2 Å². The van der Waals surface area contributed by atoms with Crippen molar-refractivity contribution >= 4 is 22.6 Å². The van der Waals surface area contributed by atoms with Crippen LogP contribution in [0.2, 0.25) is 0 Å². The van der Waals surface area contributed by atoms with Gasteiger partial charge in [0.15, 0.2) is 12.4 Å². The lowest BCUT2D eigenvalue weighted by molar-refractivity contribution is 0.0910. The Balaban J connectivity index is 1.36. The van der Waals surface area contributed by atoms with Crippen LogP contribution in [-0.4, -0.2) is 65.9 Å². The van der Waals surface area contributed by atoms with Crippen LogP contribution in [0, 0.1) is 13.8 Å². The van der Waals surface area contributed by atoms with Crippen molar-refractivity contribution in [2.24, 2.45) is 0 Å². The van der Waals surface area contributed by atoms with Gasteiger partial charge >= 0.3 is 0 Å². The highest BCUT2D eigenvalue weighted by molar-refractivity contribution is 5.98. The van der Waals surface area contributed by atoms with Crippen LogP contribution in [0.3, 0.4) is 0 Å². The molecule has 33 heavy (non-hydrogen) atoms. The quantitative estimate of drug-likeness (QED) is 0.511. The van der Waals surface area contributed by atoms with Crippen molar-refractivity contribution in [2.45, 2.75) is 39.3 Å². The summed E-state index contributed by atoms with van der Waals surface area (Å²) in [6, 6.07) is 9.65. The fourth-order valence-corrected chi connectivity index (χ4v) is 4.62. The number of aromatic nitrogens is 3. The van der Waals surface area contributed by atoms with Crippen molar-refractivity contribution in [3.63, 3.8) is 0 Å². The minimum Gasteiger partial charge on any atom is -0.467 e. The molecule has 2 saturated heterocycles. The molecule has 3 aromatic rings. The van der Waals surface area contributed by atoms with Crippen LogP contribution in [0.5, 0.6) is 5.88 Å². The van der Waals surface area contributed by atoms with E-state index >= 15 is 0 Å². The molecule has 1 aromatic carbocycles. The van der Waals surface area contributed by atoms with Crippen molar-refractivity contribution in [3.8, 4) is 5.88 Å². The number of Topliss-reactive ketones (excluding diaryl/α,β-unsaturated/α-hetero) is 1. The molecule has 8 nitrogen and oxygen atoms in total. The summed E-state index contributed by atoms with van der Waals surface area (Å²) in [5, 5.41) is 0. The number of anilines is 1. The summed E-state index contributed by atoms with van der Waals surface area (Å²) in [6.45, 7) is 8.21. The van der Waals surface area contributed by atoms with Gasteiger partial charge in [-0.05, 0) is 44.9 Å². The summed E-state index contributed by atoms with van der Waals surface area (Å²) in [6.07, 6.45) is 2.38. The number of ketones is 1. The monoisotopic (exact) mass is 450 g/mol. The van der Waals surface area contributed by atoms with Crippen LogP contribution in [-0.2, 0) is 16.0 Å². The number of carbonyl (C=O) groups excluding carboxylic acids is 1. The largest absolute Gasteiger partial charge is 0.467 e. The van der Waals surface area contributed by atoms with Crippen molar-refractivity contribution in [1.82, 2.24) is 14.5 Å². The highest BCUT2D eigenvalue weighted by Crippen LogP contribution is 2.28. The molecular weight excluding hydrogens is 420 g/mol. The lowest BCUT2D eigenvalue weighted by Crippen LogP contribution is -2.37. The van der Waals surface area contributed by atoms with Gasteiger partial charge in [-0.15, -0.1) is 0 Å². The number of ether oxygens (including phenoxy) is 3. The highest BCUT2D eigenvalue weighted by atomic mass is 16.5. The topological polar surface area (TPSA) is 78.7 Å². The molecular formula is C25H30N4O4. The maximum absolute atomic E-state index is 13.1. The van der Waals surface area contributed by atoms with Gasteiger partial charge in [0.1, 0.15) is 0 Å². The molecule has 8 heteroatoms. The highest BCUT2D eigenvalue weighted by Gasteiger charge is 2.23. The summed E-state index contributed by atoms with van der Waals surface area (Å²) < 4.78 is 19.5. The minimum atomic E-state index is -0.0887. The van der Waals surface area contributed by atoms with Crippen molar-refractivity contribution < 1.29 is 19.0 Å². The number of morpholine rings is 1. The van der Waals surface area contributed by atoms with E-state index in [0.717, 1.165) is 48.4 Å². The summed E-state index contributed by atoms with van der Waals surface area (Å²) in [5.74, 6) is 0.982. The molecule has 0 amide bonds. The first-order valence-corrected chi connectivity index (χ1v) is 11.6. The first kappa shape index (κ1) is 21.9. The van der Waals surface area contributed by atoms with Crippen LogP contribution in [0.4, 0.5) is 5.82 Å². The third kappa shape index (κ3) is 4.58. The molecule has 0 saturated carbocycles. The minimum absolute atomic E-state index is 0.0652. The number of aryl methyl sites for hydroxylation is 1. The normalized spacial score (nSPS) is 18.7. The molecule has 2 fully saturated rings. The van der Waals surface area contributed by atoms with E-state index < -0.39 is 0 Å². The van der Waals surface area contributed by atoms with Crippen LogP contribution in [0.1, 0.15) is 34.6 Å². The summed E-state index contributed by atoms with van der Waals surface area (Å²) in [5.41, 5.74) is 4.25. The SMILES string of the molecule is Cc1cc(C(=O)COc2nc3ccccc3nc2N2CCOCC2)c(C)n1CC1CCCO1. The molecule has 2 aliphatic rings. The molecule has 2 aliphatic heterocycles. The van der Waals surface area contributed by atoms with Gasteiger partial charge in [0.2, 0.25) is 5.78 Å². The van der Waals surface area contributed by atoms with E-state index in [2.05, 4.69) is 14.5 Å². The van der Waals surface area contributed by atoms with E-state index in [0.29, 0.717) is 43.6 Å². The van der Waals surface area contributed by atoms with Crippen LogP contribution in [0.15, 0.2) is 30.3 Å². The van der Waals surface area contributed by atoms with Crippen LogP contribution in [0.25, 0.3) is 11.0 Å². The molecule has 0 spiro atoms. The Morgan fingerprint density at radius 3 is 2.61 bits per heavy atom. The van der Waals surface area contributed by atoms with Gasteiger partial charge in [0.05, 0.1) is 30.4 Å². The number of para-hydroxylation sites is 2. The average molecular weight is 451 g/mol. The van der Waals surface area contributed by atoms with Gasteiger partial charge in [-0.1, -0.05) is 12.1 Å². The Kier molecular flexibility index (Phi) is 6.28. The third-order valence-electron chi connectivity index (χ3n) is 6.46. The van der Waals surface area contributed by atoms with Crippen LogP contribution >= 0.6 is 0 Å². The molecule has 0 bridgehead atoms. The molecule has 0 aliphatic carbocycles. The fraction of sp³-hybridized carbons (Fsp3) is 0.480. The van der Waals surface area contributed by atoms with E-state index in [-0.39, 0.29) is 18.5 Å². The number of carbonyl (C=O) groups is 1. The maximum Gasteiger partial charge on any atom is 0.258 e. The predicted octanol–water partition coefficient (Wildman–Crippen LogP) is 3.33. The van der Waals surface area contributed by atoms with E-state index in [9.17, 15) is 4.79 Å². The van der Waals surface area contributed by atoms with Crippen molar-refractivity contribution in [3.05, 3.63) is 47.3 Å². The second kappa shape index (κ2) is 9.49. The van der Waals surface area contributed by atoms with Gasteiger partial charge in [-0.25, -0.2) is 9.97 Å². The number of hydrogen-bond acceptors (Lipinski definition) is 7. The number of nitrogens with zero attached hydrogens (tertiary/aromatic N) is 4. The average Bonchev–Trinajstić information content (AvgIpc) is 3.46. The summed E-state index contributed by atoms with van der Waals surface area (Å²) >= 11 is 0. The second-order valence-electron chi connectivity index (χ2n) is 8.68. The molecule has 1 unspecified atom stereocenters. The Morgan fingerprint density at radius 2 is 1.88 bits per heavy atom. The standard InChI is InChI=1S/C25H30N4O4/c1-17-14-20(18(2)29(17)15-19-6-5-11-32-19)23(30)16-33-25-24(28-9-12-31-13-10-28)26-21-7-3-4-8-22(21)27-25/h3-4,7-8,14,19H,5-6,9-13,15-16H2,1-2H3. The number of hydrogen-bond donors (Lipinski definition) is 0. The van der Waals surface area contributed by atoms with Gasteiger partial charge in [-0.2, -0.15) is 0 Å². The number of rotatable bonds is 7. The fourth-order valence-electron chi connectivity index (χ4n) is 4.62. The molecule has 4 heterocycles. The first-order valence-electron chi connectivity index (χ1n) is 11.6. The molecule has 174 valence electrons. The lowest BCUT2D eigenvalue weighted by Gasteiger charge is -2.28. The Morgan fingerprint density at radius 1 is 1.12 bits per heavy atom. The molecule has 1 atom stereocenters. The van der Waals surface area contributed by atoms with Gasteiger partial charge in [0, 0.05) is 43.2 Å². The smallest absolute Gasteiger partial charge is 0.258 e. The Bertz CT molecular complexity index is 1150. The van der Waals surface area contributed by atoms with E-state index in [1.54, 1.807) is 0 Å². The molecule has 0 N–H and O–H groups in total. The number of benzene rings is 1. The molecule has 0 radical (unpaired) electrons. The third-order valence-corrected chi connectivity index (χ3v) is 6.46. The molecule has 2 aromatic heterocycles. The van der Waals surface area contributed by atoms with E-state index in [1.165, 1.54) is 0 Å². The number of fused-ring (bicyclic) bond motifs is 1.